The summed E-state index contributed by atoms with van der Waals surface area (Å²) < 4.78 is 4.88. The number of hydrogen-bond acceptors (Lipinski definition) is 1. The molecule has 0 bridgehead atoms. The molecule has 0 N–H and O–H groups in total. The van der Waals surface area contributed by atoms with Crippen LogP contribution in [0, 0.1) is 17.8 Å². The average Bonchev–Trinajstić information content (AvgIpc) is 2.80. The van der Waals surface area contributed by atoms with Crippen LogP contribution in [-0.2, 0) is 4.74 Å². The van der Waals surface area contributed by atoms with E-state index in [1.165, 1.54) is 19.3 Å². The maximum absolute atomic E-state index is 4.88. The maximum atomic E-state index is 4.88. The number of rotatable bonds is 4. The largest absolute Gasteiger partial charge is 0.384 e. The lowest BCUT2D eigenvalue weighted by Crippen LogP contribution is -1.84. The molecule has 0 radical (unpaired) electrons. The normalized spacial score (nSPS) is 15.7. The highest BCUT2D eigenvalue weighted by Crippen LogP contribution is 2.33. The Kier molecular flexibility index (Phi) is 4.08. The van der Waals surface area contributed by atoms with Crippen LogP contribution in [0.15, 0.2) is 0 Å². The Morgan fingerprint density at radius 1 is 1.27 bits per heavy atom. The smallest absolute Gasteiger partial charge is 0.0571 e. The van der Waals surface area contributed by atoms with Crippen LogP contribution in [0.4, 0.5) is 0 Å². The van der Waals surface area contributed by atoms with Gasteiger partial charge >= 0.3 is 0 Å². The van der Waals surface area contributed by atoms with Crippen molar-refractivity contribution in [3.05, 3.63) is 0 Å². The topological polar surface area (TPSA) is 9.23 Å². The summed E-state index contributed by atoms with van der Waals surface area (Å²) >= 11 is 0. The first kappa shape index (κ1) is 8.62. The minimum atomic E-state index is 0.774. The van der Waals surface area contributed by atoms with Gasteiger partial charge in [-0.2, -0.15) is 0 Å². The molecule has 1 saturated carbocycles. The third-order valence-corrected chi connectivity index (χ3v) is 1.93. The van der Waals surface area contributed by atoms with Gasteiger partial charge < -0.3 is 4.74 Å². The van der Waals surface area contributed by atoms with Crippen molar-refractivity contribution in [1.29, 1.82) is 0 Å². The molecule has 0 saturated heterocycles. The lowest BCUT2D eigenvalue weighted by molar-refractivity contribution is 0.206. The summed E-state index contributed by atoms with van der Waals surface area (Å²) in [5, 5.41) is 0. The molecule has 0 heterocycles. The van der Waals surface area contributed by atoms with E-state index in [1.807, 2.05) is 0 Å². The third-order valence-electron chi connectivity index (χ3n) is 1.93. The molecule has 1 nitrogen and oxygen atoms in total. The van der Waals surface area contributed by atoms with Crippen LogP contribution in [0.5, 0.6) is 0 Å². The minimum absolute atomic E-state index is 0.774. The van der Waals surface area contributed by atoms with E-state index in [9.17, 15) is 0 Å². The van der Waals surface area contributed by atoms with Crippen molar-refractivity contribution in [3.63, 3.8) is 0 Å². The Hall–Kier alpha value is -0.480. The minimum Gasteiger partial charge on any atom is -0.384 e. The fourth-order valence-electron chi connectivity index (χ4n) is 1.01. The van der Waals surface area contributed by atoms with Crippen molar-refractivity contribution in [1.82, 2.24) is 0 Å². The molecule has 0 aromatic rings. The second-order valence-electron chi connectivity index (χ2n) is 3.08. The summed E-state index contributed by atoms with van der Waals surface area (Å²) in [5.41, 5.74) is 0. The number of hydrogen-bond donors (Lipinski definition) is 0. The number of ether oxygens (including phenoxy) is 1. The fraction of sp³-hybridized carbons (Fsp3) is 0.800. The average molecular weight is 152 g/mol. The van der Waals surface area contributed by atoms with Crippen molar-refractivity contribution < 1.29 is 4.74 Å². The Bertz CT molecular complexity index is 148. The van der Waals surface area contributed by atoms with Crippen LogP contribution >= 0.6 is 0 Å². The van der Waals surface area contributed by atoms with E-state index in [-0.39, 0.29) is 0 Å². The van der Waals surface area contributed by atoms with E-state index >= 15 is 0 Å². The zero-order valence-electron chi connectivity index (χ0n) is 7.23. The maximum Gasteiger partial charge on any atom is 0.0571 e. The molecule has 0 atom stereocenters. The molecule has 1 fully saturated rings. The molecular weight excluding hydrogens is 136 g/mol. The molecule has 0 aliphatic heterocycles. The van der Waals surface area contributed by atoms with Crippen molar-refractivity contribution in [2.75, 3.05) is 13.7 Å². The second-order valence-corrected chi connectivity index (χ2v) is 3.08. The Balaban J connectivity index is 1.85. The molecule has 0 unspecified atom stereocenters. The van der Waals surface area contributed by atoms with Gasteiger partial charge in [-0.15, -0.1) is 11.8 Å². The molecule has 1 aliphatic rings. The van der Waals surface area contributed by atoms with Gasteiger partial charge in [0.25, 0.3) is 0 Å². The van der Waals surface area contributed by atoms with E-state index in [4.69, 9.17) is 4.74 Å². The van der Waals surface area contributed by atoms with Gasteiger partial charge in [0, 0.05) is 20.0 Å². The van der Waals surface area contributed by atoms with E-state index in [2.05, 4.69) is 11.8 Å². The van der Waals surface area contributed by atoms with Crippen LogP contribution in [0.2, 0.25) is 0 Å². The molecule has 0 aromatic carbocycles. The predicted octanol–water partition coefficient (Wildman–Crippen LogP) is 2.22. The van der Waals surface area contributed by atoms with Gasteiger partial charge in [0.2, 0.25) is 0 Å². The summed E-state index contributed by atoms with van der Waals surface area (Å²) in [6.45, 7) is 0.774. The fourth-order valence-corrected chi connectivity index (χ4v) is 1.01. The van der Waals surface area contributed by atoms with Crippen molar-refractivity contribution in [2.24, 2.45) is 5.92 Å². The summed E-state index contributed by atoms with van der Waals surface area (Å²) in [6.07, 6.45) is 6.19. The Morgan fingerprint density at radius 3 is 2.64 bits per heavy atom. The summed E-state index contributed by atoms with van der Waals surface area (Å²) in [5.74, 6) is 7.28. The first-order chi connectivity index (χ1) is 5.43. The highest BCUT2D eigenvalue weighted by atomic mass is 16.5. The summed E-state index contributed by atoms with van der Waals surface area (Å²) in [7, 11) is 1.71. The van der Waals surface area contributed by atoms with Gasteiger partial charge in [-0.25, -0.2) is 0 Å². The highest BCUT2D eigenvalue weighted by Gasteiger charge is 2.19. The summed E-state index contributed by atoms with van der Waals surface area (Å²) in [6, 6.07) is 0. The molecule has 1 aliphatic carbocycles. The lowest BCUT2D eigenvalue weighted by Gasteiger charge is -1.88. The van der Waals surface area contributed by atoms with E-state index in [0.717, 1.165) is 25.4 Å². The first-order valence-electron chi connectivity index (χ1n) is 4.38. The van der Waals surface area contributed by atoms with Gasteiger partial charge in [-0.1, -0.05) is 12.8 Å². The Labute approximate surface area is 69.1 Å². The molecule has 62 valence electrons. The predicted molar refractivity (Wildman–Crippen MR) is 46.2 cm³/mol. The van der Waals surface area contributed by atoms with Crippen LogP contribution in [0.3, 0.4) is 0 Å². The van der Waals surface area contributed by atoms with Crippen molar-refractivity contribution >= 4 is 0 Å². The van der Waals surface area contributed by atoms with Crippen molar-refractivity contribution in [3.8, 4) is 11.8 Å². The monoisotopic (exact) mass is 152 g/mol. The quantitative estimate of drug-likeness (QED) is 0.443. The zero-order chi connectivity index (χ0) is 7.94. The van der Waals surface area contributed by atoms with Gasteiger partial charge in [0.05, 0.1) is 6.61 Å². The molecule has 1 rings (SSSR count). The van der Waals surface area contributed by atoms with Crippen LogP contribution in [0.25, 0.3) is 0 Å². The SMILES string of the molecule is COCCC#CCCC1CC1. The molecule has 0 amide bonds. The van der Waals surface area contributed by atoms with Crippen LogP contribution in [0.1, 0.15) is 32.1 Å². The first-order valence-corrected chi connectivity index (χ1v) is 4.38. The second kappa shape index (κ2) is 5.21. The number of methoxy groups -OCH3 is 1. The Morgan fingerprint density at radius 2 is 2.00 bits per heavy atom. The standard InChI is InChI=1S/C10H16O/c1-11-9-5-3-2-4-6-10-7-8-10/h10H,4-9H2,1H3. The summed E-state index contributed by atoms with van der Waals surface area (Å²) in [4.78, 5) is 0. The van der Waals surface area contributed by atoms with Crippen LogP contribution < -0.4 is 0 Å². The molecular formula is C10H16O. The van der Waals surface area contributed by atoms with Gasteiger partial charge in [0.1, 0.15) is 0 Å². The molecule has 0 aromatic heterocycles. The molecule has 0 spiro atoms. The van der Waals surface area contributed by atoms with Gasteiger partial charge in [-0.3, -0.25) is 0 Å². The molecule has 1 heteroatoms. The molecule has 11 heavy (non-hydrogen) atoms. The van der Waals surface area contributed by atoms with E-state index in [1.54, 1.807) is 7.11 Å². The van der Waals surface area contributed by atoms with Gasteiger partial charge in [-0.05, 0) is 12.3 Å². The van der Waals surface area contributed by atoms with E-state index in [0.29, 0.717) is 0 Å². The highest BCUT2D eigenvalue weighted by molar-refractivity contribution is 4.99. The van der Waals surface area contributed by atoms with Gasteiger partial charge in [0.15, 0.2) is 0 Å². The lowest BCUT2D eigenvalue weighted by atomic mass is 10.2. The zero-order valence-corrected chi connectivity index (χ0v) is 7.23. The van der Waals surface area contributed by atoms with Crippen LogP contribution in [-0.4, -0.2) is 13.7 Å². The van der Waals surface area contributed by atoms with E-state index < -0.39 is 0 Å². The van der Waals surface area contributed by atoms with Crippen molar-refractivity contribution in [2.45, 2.75) is 32.1 Å². The third kappa shape index (κ3) is 4.86.